The van der Waals surface area contributed by atoms with Crippen LogP contribution in [0, 0.1) is 0 Å². The van der Waals surface area contributed by atoms with Gasteiger partial charge in [0.1, 0.15) is 0 Å². The molecule has 2 unspecified atom stereocenters. The largest absolute Gasteiger partial charge is 0.416 e. The van der Waals surface area contributed by atoms with Gasteiger partial charge in [-0.2, -0.15) is 13.2 Å². The van der Waals surface area contributed by atoms with E-state index in [1.54, 1.807) is 0 Å². The number of rotatable bonds is 10. The van der Waals surface area contributed by atoms with Crippen LogP contribution >= 0.6 is 23.2 Å². The van der Waals surface area contributed by atoms with Crippen molar-refractivity contribution in [1.82, 2.24) is 15.4 Å². The highest BCUT2D eigenvalue weighted by molar-refractivity contribution is 7.89. The first-order valence-electron chi connectivity index (χ1n) is 14.7. The van der Waals surface area contributed by atoms with Gasteiger partial charge in [0.15, 0.2) is 0 Å². The zero-order chi connectivity index (χ0) is 31.5. The van der Waals surface area contributed by atoms with Gasteiger partial charge in [0, 0.05) is 29.1 Å². The lowest BCUT2D eigenvalue weighted by Gasteiger charge is -2.28. The van der Waals surface area contributed by atoms with Crippen molar-refractivity contribution in [2.75, 3.05) is 0 Å². The van der Waals surface area contributed by atoms with Crippen LogP contribution in [0.2, 0.25) is 10.0 Å². The van der Waals surface area contributed by atoms with Crippen LogP contribution in [0.3, 0.4) is 0 Å². The number of carbonyl (C=O) groups excluding carboxylic acids is 1. The van der Waals surface area contributed by atoms with E-state index in [1.165, 1.54) is 55.0 Å². The highest BCUT2D eigenvalue weighted by atomic mass is 35.5. The summed E-state index contributed by atoms with van der Waals surface area (Å²) in [7, 11) is -4.48. The molecule has 0 spiro atoms. The Morgan fingerprint density at radius 1 is 0.932 bits per heavy atom. The molecule has 0 heterocycles. The van der Waals surface area contributed by atoms with Crippen molar-refractivity contribution < 1.29 is 26.4 Å². The standard InChI is InChI=1S/C32H34Cl2F3N3O3S/c33-24-14-22(15-25(34)17-24)30(40-44(42,43)27-9-4-6-23(16-27)32(35,36)37)18-31(41)39-29-10-3-5-21-13-20(11-12-28(21)29)19-38-26-7-1-2-8-26/h4,6,9,11-17,26,29-30,38,40H,1-3,5,7-8,10,18-19H2,(H,39,41). The molecule has 2 atom stereocenters. The van der Waals surface area contributed by atoms with Gasteiger partial charge in [0.05, 0.1) is 22.5 Å². The van der Waals surface area contributed by atoms with Gasteiger partial charge in [-0.1, -0.05) is 60.3 Å². The van der Waals surface area contributed by atoms with E-state index in [0.717, 1.165) is 49.6 Å². The molecule has 6 nitrogen and oxygen atoms in total. The molecule has 0 radical (unpaired) electrons. The molecule has 1 saturated carbocycles. The van der Waals surface area contributed by atoms with Crippen LogP contribution in [0.4, 0.5) is 13.2 Å². The molecular formula is C32H34Cl2F3N3O3S. The molecule has 0 saturated heterocycles. The molecule has 236 valence electrons. The summed E-state index contributed by atoms with van der Waals surface area (Å²) < 4.78 is 68.9. The zero-order valence-corrected chi connectivity index (χ0v) is 26.2. The third-order valence-corrected chi connectivity index (χ3v) is 10.2. The number of halogens is 5. The number of alkyl halides is 3. The van der Waals surface area contributed by atoms with E-state index >= 15 is 0 Å². The first-order chi connectivity index (χ1) is 20.9. The van der Waals surface area contributed by atoms with Gasteiger partial charge in [-0.05, 0) is 90.8 Å². The molecule has 0 aliphatic heterocycles. The van der Waals surface area contributed by atoms with Crippen LogP contribution in [-0.2, 0) is 34.0 Å². The number of sulfonamides is 1. The second-order valence-electron chi connectivity index (χ2n) is 11.5. The highest BCUT2D eigenvalue weighted by Crippen LogP contribution is 2.33. The van der Waals surface area contributed by atoms with Crippen molar-refractivity contribution in [3.8, 4) is 0 Å². The molecule has 0 bridgehead atoms. The molecule has 2 aliphatic rings. The summed E-state index contributed by atoms with van der Waals surface area (Å²) in [6, 6.07) is 13.3. The quantitative estimate of drug-likeness (QED) is 0.207. The molecule has 3 aromatic carbocycles. The van der Waals surface area contributed by atoms with E-state index < -0.39 is 38.6 Å². The third-order valence-electron chi connectivity index (χ3n) is 8.25. The summed E-state index contributed by atoms with van der Waals surface area (Å²) in [5, 5.41) is 7.12. The van der Waals surface area contributed by atoms with Gasteiger partial charge >= 0.3 is 6.18 Å². The number of hydrogen-bond donors (Lipinski definition) is 3. The zero-order valence-electron chi connectivity index (χ0n) is 23.9. The fourth-order valence-corrected chi connectivity index (χ4v) is 7.87. The Morgan fingerprint density at radius 3 is 2.36 bits per heavy atom. The molecule has 0 aromatic heterocycles. The molecule has 1 fully saturated rings. The van der Waals surface area contributed by atoms with Crippen molar-refractivity contribution in [3.63, 3.8) is 0 Å². The molecule has 12 heteroatoms. The number of aryl methyl sites for hydroxylation is 1. The summed E-state index contributed by atoms with van der Waals surface area (Å²) in [4.78, 5) is 12.8. The van der Waals surface area contributed by atoms with Crippen molar-refractivity contribution in [2.24, 2.45) is 0 Å². The summed E-state index contributed by atoms with van der Waals surface area (Å²) in [6.07, 6.45) is 2.39. The van der Waals surface area contributed by atoms with E-state index in [-0.39, 0.29) is 22.5 Å². The van der Waals surface area contributed by atoms with Gasteiger partial charge in [-0.15, -0.1) is 0 Å². The molecule has 5 rings (SSSR count). The molecule has 44 heavy (non-hydrogen) atoms. The van der Waals surface area contributed by atoms with E-state index in [9.17, 15) is 26.4 Å². The summed E-state index contributed by atoms with van der Waals surface area (Å²) in [5.41, 5.74) is 2.60. The summed E-state index contributed by atoms with van der Waals surface area (Å²) in [6.45, 7) is 0.796. The van der Waals surface area contributed by atoms with E-state index in [1.807, 2.05) is 0 Å². The number of amides is 1. The molecule has 3 N–H and O–H groups in total. The summed E-state index contributed by atoms with van der Waals surface area (Å²) >= 11 is 12.4. The first-order valence-corrected chi connectivity index (χ1v) is 16.9. The highest BCUT2D eigenvalue weighted by Gasteiger charge is 2.33. The normalized spacial score (nSPS) is 18.2. The SMILES string of the molecule is O=C(CC(NS(=O)(=O)c1cccc(C(F)(F)F)c1)c1cc(Cl)cc(Cl)c1)NC1CCCc2cc(CNC3CCCC3)ccc21. The minimum Gasteiger partial charge on any atom is -0.349 e. The van der Waals surface area contributed by atoms with Gasteiger partial charge in [-0.3, -0.25) is 4.79 Å². The van der Waals surface area contributed by atoms with Crippen LogP contribution in [0.15, 0.2) is 65.6 Å². The van der Waals surface area contributed by atoms with Crippen LogP contribution in [0.5, 0.6) is 0 Å². The maximum Gasteiger partial charge on any atom is 0.416 e. The second kappa shape index (κ2) is 13.8. The minimum absolute atomic E-state index is 0.218. The average Bonchev–Trinajstić information content (AvgIpc) is 3.49. The molecular weight excluding hydrogens is 634 g/mol. The maximum atomic E-state index is 13.4. The summed E-state index contributed by atoms with van der Waals surface area (Å²) in [5.74, 6) is -0.428. The monoisotopic (exact) mass is 667 g/mol. The van der Waals surface area contributed by atoms with E-state index in [0.29, 0.717) is 17.7 Å². The Balaban J connectivity index is 1.33. The number of fused-ring (bicyclic) bond motifs is 1. The van der Waals surface area contributed by atoms with Gasteiger partial charge < -0.3 is 10.6 Å². The Hall–Kier alpha value is -2.63. The fourth-order valence-electron chi connectivity index (χ4n) is 6.06. The smallest absolute Gasteiger partial charge is 0.349 e. The Kier molecular flexibility index (Phi) is 10.3. The van der Waals surface area contributed by atoms with E-state index in [2.05, 4.69) is 33.6 Å². The van der Waals surface area contributed by atoms with Crippen molar-refractivity contribution in [2.45, 2.75) is 87.1 Å². The fraction of sp³-hybridized carbons (Fsp3) is 0.406. The molecule has 3 aromatic rings. The lowest BCUT2D eigenvalue weighted by atomic mass is 9.86. The lowest BCUT2D eigenvalue weighted by Crippen LogP contribution is -2.36. The topological polar surface area (TPSA) is 87.3 Å². The van der Waals surface area contributed by atoms with Crippen molar-refractivity contribution >= 4 is 39.1 Å². The van der Waals surface area contributed by atoms with Crippen LogP contribution in [0.1, 0.15) is 84.8 Å². The molecule has 2 aliphatic carbocycles. The van der Waals surface area contributed by atoms with E-state index in [4.69, 9.17) is 23.2 Å². The van der Waals surface area contributed by atoms with Crippen LogP contribution in [0.25, 0.3) is 0 Å². The van der Waals surface area contributed by atoms with Gasteiger partial charge in [0.25, 0.3) is 0 Å². The maximum absolute atomic E-state index is 13.4. The van der Waals surface area contributed by atoms with Crippen molar-refractivity contribution in [3.05, 3.63) is 98.5 Å². The first kappa shape index (κ1) is 32.8. The Morgan fingerprint density at radius 2 is 1.66 bits per heavy atom. The van der Waals surface area contributed by atoms with Gasteiger partial charge in [-0.25, -0.2) is 13.1 Å². The number of carbonyl (C=O) groups is 1. The second-order valence-corrected chi connectivity index (χ2v) is 14.1. The lowest BCUT2D eigenvalue weighted by molar-refractivity contribution is -0.137. The van der Waals surface area contributed by atoms with Crippen LogP contribution in [-0.4, -0.2) is 20.4 Å². The predicted octanol–water partition coefficient (Wildman–Crippen LogP) is 7.65. The van der Waals surface area contributed by atoms with Gasteiger partial charge in [0.2, 0.25) is 15.9 Å². The number of hydrogen-bond acceptors (Lipinski definition) is 4. The third kappa shape index (κ3) is 8.34. The average molecular weight is 669 g/mol. The number of nitrogens with one attached hydrogen (secondary N) is 3. The van der Waals surface area contributed by atoms with Crippen LogP contribution < -0.4 is 15.4 Å². The molecule has 1 amide bonds. The number of benzene rings is 3. The Labute approximate surface area is 265 Å². The Bertz CT molecular complexity index is 1590. The van der Waals surface area contributed by atoms with Crippen molar-refractivity contribution in [1.29, 1.82) is 0 Å². The predicted molar refractivity (Wildman–Crippen MR) is 165 cm³/mol. The minimum atomic E-state index is -4.73.